The number of benzene rings is 2. The number of methoxy groups -OCH3 is 2. The van der Waals surface area contributed by atoms with Gasteiger partial charge in [0.15, 0.2) is 5.11 Å². The molecule has 6 heteroatoms. The largest absolute Gasteiger partial charge is 0.496 e. The molecule has 0 aromatic heterocycles. The summed E-state index contributed by atoms with van der Waals surface area (Å²) in [6, 6.07) is 13.1. The van der Waals surface area contributed by atoms with Crippen molar-refractivity contribution in [3.63, 3.8) is 0 Å². The molecule has 0 fully saturated rings. The van der Waals surface area contributed by atoms with Crippen LogP contribution in [-0.2, 0) is 11.3 Å². The molecule has 0 spiro atoms. The Labute approximate surface area is 147 Å². The van der Waals surface area contributed by atoms with Crippen LogP contribution in [0, 0.1) is 6.92 Å². The highest BCUT2D eigenvalue weighted by Crippen LogP contribution is 2.20. The molecule has 2 aromatic carbocycles. The van der Waals surface area contributed by atoms with Crippen LogP contribution in [-0.4, -0.2) is 25.3 Å². The Balaban J connectivity index is 2.04. The maximum atomic E-state index is 11.7. The van der Waals surface area contributed by atoms with E-state index in [1.807, 2.05) is 37.3 Å². The molecule has 0 atom stereocenters. The number of para-hydroxylation sites is 1. The van der Waals surface area contributed by atoms with Crippen molar-refractivity contribution < 1.29 is 14.3 Å². The number of rotatable bonds is 5. The fourth-order valence-corrected chi connectivity index (χ4v) is 2.48. The summed E-state index contributed by atoms with van der Waals surface area (Å²) in [6.45, 7) is 2.38. The Kier molecular flexibility index (Phi) is 6.14. The van der Waals surface area contributed by atoms with Gasteiger partial charge in [0.1, 0.15) is 5.75 Å². The molecule has 2 aromatic rings. The second-order valence-corrected chi connectivity index (χ2v) is 5.50. The van der Waals surface area contributed by atoms with Gasteiger partial charge in [0, 0.05) is 17.8 Å². The Hall–Kier alpha value is -2.60. The number of hydrogen-bond acceptors (Lipinski definition) is 4. The molecule has 0 bridgehead atoms. The van der Waals surface area contributed by atoms with E-state index in [-0.39, 0.29) is 5.97 Å². The van der Waals surface area contributed by atoms with E-state index in [1.165, 1.54) is 7.11 Å². The van der Waals surface area contributed by atoms with Crippen molar-refractivity contribution in [2.75, 3.05) is 19.5 Å². The summed E-state index contributed by atoms with van der Waals surface area (Å²) in [7, 11) is 3.00. The summed E-state index contributed by atoms with van der Waals surface area (Å²) in [6.07, 6.45) is 0. The number of thiocarbonyl (C=S) groups is 1. The molecule has 0 heterocycles. The number of ether oxygens (including phenoxy) is 2. The molecule has 0 aliphatic rings. The molecule has 2 rings (SSSR count). The molecule has 0 saturated carbocycles. The second kappa shape index (κ2) is 8.31. The fraction of sp³-hybridized carbons (Fsp3) is 0.222. The first-order valence-electron chi connectivity index (χ1n) is 7.41. The van der Waals surface area contributed by atoms with Crippen LogP contribution in [0.25, 0.3) is 0 Å². The van der Waals surface area contributed by atoms with Crippen LogP contribution in [0.1, 0.15) is 21.5 Å². The third-order valence-electron chi connectivity index (χ3n) is 3.62. The van der Waals surface area contributed by atoms with E-state index in [9.17, 15) is 4.79 Å². The van der Waals surface area contributed by atoms with Gasteiger partial charge >= 0.3 is 5.97 Å². The first kappa shape index (κ1) is 17.7. The van der Waals surface area contributed by atoms with Crippen molar-refractivity contribution in [2.24, 2.45) is 0 Å². The van der Waals surface area contributed by atoms with E-state index in [1.54, 1.807) is 19.2 Å². The number of nitrogens with one attached hydrogen (secondary N) is 2. The van der Waals surface area contributed by atoms with Gasteiger partial charge in [-0.1, -0.05) is 24.3 Å². The summed E-state index contributed by atoms with van der Waals surface area (Å²) in [5.41, 5.74) is 3.06. The minimum atomic E-state index is -0.371. The molecule has 0 radical (unpaired) electrons. The zero-order valence-corrected chi connectivity index (χ0v) is 14.7. The summed E-state index contributed by atoms with van der Waals surface area (Å²) in [5.74, 6) is 0.431. The Morgan fingerprint density at radius 2 is 1.88 bits per heavy atom. The van der Waals surface area contributed by atoms with Crippen molar-refractivity contribution in [2.45, 2.75) is 13.5 Å². The van der Waals surface area contributed by atoms with Gasteiger partial charge in [0.25, 0.3) is 0 Å². The third kappa shape index (κ3) is 4.23. The SMILES string of the molecule is COC(=O)c1cccc(NC(=S)NCc2ccccc2OC)c1C. The highest BCUT2D eigenvalue weighted by Gasteiger charge is 2.12. The molecule has 126 valence electrons. The highest BCUT2D eigenvalue weighted by atomic mass is 32.1. The lowest BCUT2D eigenvalue weighted by molar-refractivity contribution is 0.0600. The quantitative estimate of drug-likeness (QED) is 0.641. The van der Waals surface area contributed by atoms with E-state index in [0.717, 1.165) is 22.6 Å². The van der Waals surface area contributed by atoms with Gasteiger partial charge in [-0.25, -0.2) is 4.79 Å². The zero-order chi connectivity index (χ0) is 17.5. The van der Waals surface area contributed by atoms with E-state index in [4.69, 9.17) is 21.7 Å². The Morgan fingerprint density at radius 1 is 1.12 bits per heavy atom. The summed E-state index contributed by atoms with van der Waals surface area (Å²) >= 11 is 5.33. The number of hydrogen-bond donors (Lipinski definition) is 2. The Morgan fingerprint density at radius 3 is 2.58 bits per heavy atom. The summed E-state index contributed by atoms with van der Waals surface area (Å²) < 4.78 is 10.1. The van der Waals surface area contributed by atoms with Crippen molar-refractivity contribution in [3.05, 3.63) is 59.2 Å². The second-order valence-electron chi connectivity index (χ2n) is 5.09. The Bertz CT molecular complexity index is 747. The standard InChI is InChI=1S/C18H20N2O3S/c1-12-14(17(21)23-3)8-6-9-15(12)20-18(24)19-11-13-7-4-5-10-16(13)22-2/h4-10H,11H2,1-3H3,(H2,19,20,24). The van der Waals surface area contributed by atoms with Crippen molar-refractivity contribution in [1.82, 2.24) is 5.32 Å². The van der Waals surface area contributed by atoms with Gasteiger partial charge < -0.3 is 20.1 Å². The van der Waals surface area contributed by atoms with E-state index < -0.39 is 0 Å². The normalized spacial score (nSPS) is 9.96. The maximum Gasteiger partial charge on any atom is 0.338 e. The molecular formula is C18H20N2O3S. The summed E-state index contributed by atoms with van der Waals surface area (Å²) in [4.78, 5) is 11.7. The van der Waals surface area contributed by atoms with E-state index in [0.29, 0.717) is 17.2 Å². The minimum Gasteiger partial charge on any atom is -0.496 e. The lowest BCUT2D eigenvalue weighted by Crippen LogP contribution is -2.28. The predicted octanol–water partition coefficient (Wildman–Crippen LogP) is 3.28. The van der Waals surface area contributed by atoms with Crippen molar-refractivity contribution in [1.29, 1.82) is 0 Å². The van der Waals surface area contributed by atoms with Crippen LogP contribution < -0.4 is 15.4 Å². The van der Waals surface area contributed by atoms with Gasteiger partial charge in [-0.3, -0.25) is 0 Å². The lowest BCUT2D eigenvalue weighted by Gasteiger charge is -2.15. The van der Waals surface area contributed by atoms with Crippen LogP contribution in [0.4, 0.5) is 5.69 Å². The van der Waals surface area contributed by atoms with Crippen LogP contribution in [0.15, 0.2) is 42.5 Å². The van der Waals surface area contributed by atoms with E-state index >= 15 is 0 Å². The molecule has 5 nitrogen and oxygen atoms in total. The molecule has 0 aliphatic heterocycles. The number of anilines is 1. The molecular weight excluding hydrogens is 324 g/mol. The third-order valence-corrected chi connectivity index (χ3v) is 3.87. The smallest absolute Gasteiger partial charge is 0.338 e. The lowest BCUT2D eigenvalue weighted by atomic mass is 10.1. The summed E-state index contributed by atoms with van der Waals surface area (Å²) in [5, 5.41) is 6.71. The van der Waals surface area contributed by atoms with Crippen LogP contribution in [0.3, 0.4) is 0 Å². The number of esters is 1. The van der Waals surface area contributed by atoms with Gasteiger partial charge in [-0.2, -0.15) is 0 Å². The maximum absolute atomic E-state index is 11.7. The molecule has 2 N–H and O–H groups in total. The molecule has 0 saturated heterocycles. The molecule has 24 heavy (non-hydrogen) atoms. The van der Waals surface area contributed by atoms with Crippen molar-refractivity contribution >= 4 is 29.0 Å². The van der Waals surface area contributed by atoms with Gasteiger partial charge in [-0.15, -0.1) is 0 Å². The van der Waals surface area contributed by atoms with Gasteiger partial charge in [0.05, 0.1) is 19.8 Å². The number of carbonyl (C=O) groups excluding carboxylic acids is 1. The fourth-order valence-electron chi connectivity index (χ4n) is 2.29. The topological polar surface area (TPSA) is 59.6 Å². The monoisotopic (exact) mass is 344 g/mol. The van der Waals surface area contributed by atoms with Crippen LogP contribution >= 0.6 is 12.2 Å². The average molecular weight is 344 g/mol. The molecule has 0 unspecified atom stereocenters. The van der Waals surface area contributed by atoms with Gasteiger partial charge in [0.2, 0.25) is 0 Å². The average Bonchev–Trinajstić information content (AvgIpc) is 2.61. The zero-order valence-electron chi connectivity index (χ0n) is 13.9. The first-order valence-corrected chi connectivity index (χ1v) is 7.82. The molecule has 0 aliphatic carbocycles. The predicted molar refractivity (Wildman–Crippen MR) is 98.6 cm³/mol. The van der Waals surface area contributed by atoms with Gasteiger partial charge in [-0.05, 0) is 42.9 Å². The van der Waals surface area contributed by atoms with Crippen molar-refractivity contribution in [3.8, 4) is 5.75 Å². The van der Waals surface area contributed by atoms with Crippen LogP contribution in [0.2, 0.25) is 0 Å². The van der Waals surface area contributed by atoms with Crippen LogP contribution in [0.5, 0.6) is 5.75 Å². The first-order chi connectivity index (χ1) is 11.6. The number of carbonyl (C=O) groups is 1. The van der Waals surface area contributed by atoms with E-state index in [2.05, 4.69) is 10.6 Å². The minimum absolute atomic E-state index is 0.371. The molecule has 0 amide bonds. The highest BCUT2D eigenvalue weighted by molar-refractivity contribution is 7.80.